The monoisotopic (exact) mass is 971 g/mol. The maximum Gasteiger partial charge on any atom is 0.415 e. The molecule has 7 N–H and O–H groups in total. The van der Waals surface area contributed by atoms with E-state index in [0.717, 1.165) is 66.3 Å². The number of piperidine rings is 1. The predicted molar refractivity (Wildman–Crippen MR) is 253 cm³/mol. The number of nitrogens with one attached hydrogen (secondary N) is 1. The number of aliphatic hydroxyl groups excluding tert-OH is 3. The number of fused-ring (bicyclic) bond motifs is 1. The minimum absolute atomic E-state index is 0.0788. The molecule has 2 aromatic heterocycles. The van der Waals surface area contributed by atoms with Gasteiger partial charge in [-0.05, 0) is 116 Å². The number of aromatic nitrogens is 4. The van der Waals surface area contributed by atoms with Crippen LogP contribution in [-0.4, -0.2) is 139 Å². The van der Waals surface area contributed by atoms with Crippen molar-refractivity contribution in [2.75, 3.05) is 48.8 Å². The van der Waals surface area contributed by atoms with Crippen LogP contribution in [0.5, 0.6) is 5.75 Å². The van der Waals surface area contributed by atoms with Crippen LogP contribution in [0.2, 0.25) is 0 Å². The number of aliphatic hydroxyl groups is 3. The summed E-state index contributed by atoms with van der Waals surface area (Å²) in [6, 6.07) is 12.2. The first-order valence-corrected chi connectivity index (χ1v) is 24.5. The molecule has 3 aliphatic heterocycles. The first-order valence-electron chi connectivity index (χ1n) is 23.3. The lowest BCUT2D eigenvalue weighted by Gasteiger charge is -2.46. The van der Waals surface area contributed by atoms with Gasteiger partial charge in [-0.3, -0.25) is 24.3 Å². The molecule has 21 heteroatoms. The molecule has 6 atom stereocenters. The van der Waals surface area contributed by atoms with E-state index in [1.165, 1.54) is 29.5 Å². The number of aryl methyl sites for hydroxylation is 1. The lowest BCUT2D eigenvalue weighted by molar-refractivity contribution is -0.271. The molecule has 370 valence electrons. The highest BCUT2D eigenvalue weighted by Crippen LogP contribution is 2.52. The van der Waals surface area contributed by atoms with Gasteiger partial charge in [-0.15, -0.1) is 22.0 Å². The highest BCUT2D eigenvalue weighted by molar-refractivity contribution is 7.98. The Morgan fingerprint density at radius 3 is 2.49 bits per heavy atom. The van der Waals surface area contributed by atoms with Crippen molar-refractivity contribution in [2.45, 2.75) is 107 Å². The van der Waals surface area contributed by atoms with Gasteiger partial charge in [-0.2, -0.15) is 0 Å². The van der Waals surface area contributed by atoms with Gasteiger partial charge in [0, 0.05) is 50.2 Å². The van der Waals surface area contributed by atoms with Crippen LogP contribution in [0, 0.1) is 11.8 Å². The quantitative estimate of drug-likeness (QED) is 0.0881. The lowest BCUT2D eigenvalue weighted by Crippen LogP contribution is -2.61. The van der Waals surface area contributed by atoms with Crippen molar-refractivity contribution in [3.63, 3.8) is 0 Å². The fourth-order valence-electron chi connectivity index (χ4n) is 10.1. The number of hydrogen-bond donors (Lipinski definition) is 6. The first kappa shape index (κ1) is 49.7. The highest BCUT2D eigenvalue weighted by Gasteiger charge is 2.50. The van der Waals surface area contributed by atoms with E-state index in [9.17, 15) is 39.6 Å². The van der Waals surface area contributed by atoms with Crippen LogP contribution in [0.1, 0.15) is 95.2 Å². The summed E-state index contributed by atoms with van der Waals surface area (Å²) < 4.78 is 18.8. The third-order valence-corrected chi connectivity index (χ3v) is 14.3. The standard InChI is InChI=1S/C48H61N9O11S/c1-6-56(47(65)66-24-28-9-10-34(32(14-28)42(61)50-12-11-49)67-45-40(60)38(58)39(59)41(68-45)44(63)64)36-17-30(48(19-27(3)20-48)46-53-51-25-54(46)4)18-37(52-36)57-23-33-31(43(57)62)15-29(16-35(33)69-5)22-55-13-7-8-26(2)21-55/h9-10,14-18,25-27,38-41,45,58-60H,6-8,11-13,19-24,49H2,1-5H3,(H,50,61)(H,63,64)/t26-,27?,38-,39-,40+,41-,45+,48?/m0/s1. The van der Waals surface area contributed by atoms with Gasteiger partial charge < -0.3 is 50.3 Å². The predicted octanol–water partition coefficient (Wildman–Crippen LogP) is 3.16. The van der Waals surface area contributed by atoms with Crippen LogP contribution in [0.15, 0.2) is 53.7 Å². The summed E-state index contributed by atoms with van der Waals surface area (Å²) in [5.74, 6) is -0.243. The average molecular weight is 972 g/mol. The summed E-state index contributed by atoms with van der Waals surface area (Å²) in [5.41, 5.74) is 8.77. The van der Waals surface area contributed by atoms with Crippen molar-refractivity contribution in [1.29, 1.82) is 0 Å². The number of carbonyl (C=O) groups excluding carboxylic acids is 3. The zero-order valence-corrected chi connectivity index (χ0v) is 40.2. The lowest BCUT2D eigenvalue weighted by atomic mass is 9.58. The SMILES string of the molecule is CCN(C(=O)OCc1ccc(O[C@@H]2O[C@H](C(=O)O)[C@@H](O)[C@H](O)[C@H]2O)c(C(=O)NCCN)c1)c1cc(C2(c3nncn3C)CC(C)C2)cc(N2Cc3c(SC)cc(CN4CCC[C@H](C)C4)cc3C2=O)n1. The van der Waals surface area contributed by atoms with Crippen LogP contribution in [0.4, 0.5) is 16.4 Å². The van der Waals surface area contributed by atoms with Crippen LogP contribution in [0.25, 0.3) is 0 Å². The zero-order valence-electron chi connectivity index (χ0n) is 39.4. The largest absolute Gasteiger partial charge is 0.479 e. The molecule has 3 fully saturated rings. The van der Waals surface area contributed by atoms with E-state index in [1.54, 1.807) is 29.9 Å². The Balaban J connectivity index is 1.09. The highest BCUT2D eigenvalue weighted by atomic mass is 32.2. The number of pyridine rings is 1. The summed E-state index contributed by atoms with van der Waals surface area (Å²) in [6.45, 7) is 9.30. The molecule has 2 saturated heterocycles. The smallest absolute Gasteiger partial charge is 0.415 e. The van der Waals surface area contributed by atoms with E-state index in [0.29, 0.717) is 35.3 Å². The summed E-state index contributed by atoms with van der Waals surface area (Å²) in [4.78, 5) is 65.7. The van der Waals surface area contributed by atoms with Gasteiger partial charge in [0.1, 0.15) is 54.5 Å². The van der Waals surface area contributed by atoms with Gasteiger partial charge in [0.05, 0.1) is 17.5 Å². The number of amides is 3. The summed E-state index contributed by atoms with van der Waals surface area (Å²) in [6.07, 6.45) is -2.72. The van der Waals surface area contributed by atoms with Crippen LogP contribution < -0.4 is 25.6 Å². The summed E-state index contributed by atoms with van der Waals surface area (Å²) >= 11 is 1.61. The number of hydrogen-bond acceptors (Lipinski definition) is 16. The molecule has 1 saturated carbocycles. The number of nitrogens with zero attached hydrogens (tertiary/aromatic N) is 7. The molecule has 0 bridgehead atoms. The Hall–Kier alpha value is -5.68. The summed E-state index contributed by atoms with van der Waals surface area (Å²) in [7, 11) is 1.90. The molecule has 20 nitrogen and oxygen atoms in total. The molecule has 1 aliphatic carbocycles. The fourth-order valence-corrected chi connectivity index (χ4v) is 10.8. The number of nitrogens with two attached hydrogens (primary N) is 1. The minimum atomic E-state index is -1.95. The third kappa shape index (κ3) is 10.0. The molecule has 69 heavy (non-hydrogen) atoms. The second-order valence-electron chi connectivity index (χ2n) is 18.7. The van der Waals surface area contributed by atoms with E-state index in [2.05, 4.69) is 40.3 Å². The van der Waals surface area contributed by atoms with Crippen molar-refractivity contribution in [3.05, 3.63) is 88.0 Å². The van der Waals surface area contributed by atoms with Gasteiger partial charge in [0.25, 0.3) is 11.8 Å². The molecule has 3 amide bonds. The van der Waals surface area contributed by atoms with Crippen molar-refractivity contribution in [2.24, 2.45) is 24.6 Å². The summed E-state index contributed by atoms with van der Waals surface area (Å²) in [5, 5.41) is 52.1. The van der Waals surface area contributed by atoms with Gasteiger partial charge >= 0.3 is 12.1 Å². The van der Waals surface area contributed by atoms with Crippen molar-refractivity contribution < 1.29 is 53.8 Å². The van der Waals surface area contributed by atoms with E-state index in [-0.39, 0.29) is 49.3 Å². The maximum atomic E-state index is 14.7. The molecular weight excluding hydrogens is 911 g/mol. The number of carbonyl (C=O) groups is 4. The number of benzene rings is 2. The topological polar surface area (TPSA) is 268 Å². The fraction of sp³-hybridized carbons (Fsp3) is 0.521. The number of anilines is 2. The van der Waals surface area contributed by atoms with Crippen molar-refractivity contribution in [1.82, 2.24) is 30.0 Å². The van der Waals surface area contributed by atoms with Gasteiger partial charge in [0.2, 0.25) is 6.29 Å². The van der Waals surface area contributed by atoms with Crippen LogP contribution in [0.3, 0.4) is 0 Å². The van der Waals surface area contributed by atoms with Crippen molar-refractivity contribution >= 4 is 47.3 Å². The molecule has 0 spiro atoms. The molecule has 8 rings (SSSR count). The van der Waals surface area contributed by atoms with Crippen LogP contribution in [-0.2, 0) is 46.4 Å². The second-order valence-corrected chi connectivity index (χ2v) is 19.5. The number of carboxylic acid groups (broad SMARTS) is 1. The molecule has 2 aromatic carbocycles. The Kier molecular flexibility index (Phi) is 14.9. The number of rotatable bonds is 16. The molecule has 0 radical (unpaired) electrons. The zero-order chi connectivity index (χ0) is 49.3. The van der Waals surface area contributed by atoms with Gasteiger partial charge in [0.15, 0.2) is 6.10 Å². The average Bonchev–Trinajstić information content (AvgIpc) is 3.91. The molecule has 0 unspecified atom stereocenters. The number of ether oxygens (including phenoxy) is 3. The number of thioether (sulfide) groups is 1. The van der Waals surface area contributed by atoms with E-state index >= 15 is 0 Å². The second kappa shape index (κ2) is 20.7. The number of aliphatic carboxylic acids is 1. The van der Waals surface area contributed by atoms with E-state index in [4.69, 9.17) is 24.9 Å². The van der Waals surface area contributed by atoms with E-state index in [1.807, 2.05) is 36.1 Å². The Morgan fingerprint density at radius 2 is 1.83 bits per heavy atom. The Morgan fingerprint density at radius 1 is 1.04 bits per heavy atom. The van der Waals surface area contributed by atoms with E-state index < -0.39 is 54.1 Å². The molecule has 4 aromatic rings. The Labute approximate surface area is 404 Å². The normalized spacial score (nSPS) is 25.7. The van der Waals surface area contributed by atoms with Gasteiger partial charge in [-0.1, -0.05) is 19.9 Å². The minimum Gasteiger partial charge on any atom is -0.479 e. The first-order chi connectivity index (χ1) is 33.0. The number of likely N-dealkylation sites (tertiary alicyclic amines) is 1. The maximum absolute atomic E-state index is 14.7. The molecule has 5 heterocycles. The van der Waals surface area contributed by atoms with Crippen molar-refractivity contribution in [3.8, 4) is 5.75 Å². The van der Waals surface area contributed by atoms with Gasteiger partial charge in [-0.25, -0.2) is 14.6 Å². The third-order valence-electron chi connectivity index (χ3n) is 13.5. The Bertz CT molecular complexity index is 2570. The molecule has 4 aliphatic rings. The molecular formula is C48H61N9O11S. The van der Waals surface area contributed by atoms with Crippen LogP contribution >= 0.6 is 11.8 Å². The number of carboxylic acids is 1.